The number of thiophene rings is 1. The minimum absolute atomic E-state index is 0.0450. The summed E-state index contributed by atoms with van der Waals surface area (Å²) in [5.41, 5.74) is -1.29. The lowest BCUT2D eigenvalue weighted by atomic mass is 9.91. The zero-order valence-corrected chi connectivity index (χ0v) is 22.4. The molecule has 0 saturated carbocycles. The summed E-state index contributed by atoms with van der Waals surface area (Å²) in [5, 5.41) is 6.30. The van der Waals surface area contributed by atoms with E-state index in [0.29, 0.717) is 50.9 Å². The Kier molecular flexibility index (Phi) is 6.52. The molecule has 2 fully saturated rings. The van der Waals surface area contributed by atoms with E-state index in [4.69, 9.17) is 0 Å². The van der Waals surface area contributed by atoms with Crippen LogP contribution in [0.1, 0.15) is 53.4 Å². The lowest BCUT2D eigenvalue weighted by molar-refractivity contribution is -0.137. The Hall–Kier alpha value is -2.29. The number of piperidine rings is 1. The van der Waals surface area contributed by atoms with E-state index in [1.54, 1.807) is 6.07 Å². The van der Waals surface area contributed by atoms with Crippen LogP contribution in [0.2, 0.25) is 0 Å². The number of nitrogens with one attached hydrogen (secondary N) is 2. The van der Waals surface area contributed by atoms with Gasteiger partial charge in [-0.2, -0.15) is 13.2 Å². The third kappa shape index (κ3) is 4.51. The number of anilines is 1. The zero-order valence-electron chi connectivity index (χ0n) is 20.7. The standard InChI is InChI=1S/C23H29F3N6O3S2/c1-4-22-10-14(27-2)12-32(22)20(33)15-9-17(36-19(15)22)18-16(23(24,25)26)11-28-21(30-18)29-13-5-7-31(8-6-13)37(3,34)35/h9,11,13-14,27H,4-8,10,12H2,1-3H3,(H,28,29,30). The number of carbonyl (C=O) groups is 1. The fourth-order valence-electron chi connectivity index (χ4n) is 5.68. The molecule has 3 aliphatic heterocycles. The highest BCUT2D eigenvalue weighted by atomic mass is 32.2. The maximum absolute atomic E-state index is 14.0. The molecular weight excluding hydrogens is 529 g/mol. The second kappa shape index (κ2) is 9.17. The van der Waals surface area contributed by atoms with E-state index in [1.807, 2.05) is 18.9 Å². The van der Waals surface area contributed by atoms with E-state index in [2.05, 4.69) is 20.6 Å². The van der Waals surface area contributed by atoms with Gasteiger partial charge in [-0.05, 0) is 38.8 Å². The molecule has 9 nitrogen and oxygen atoms in total. The Balaban J connectivity index is 1.47. The SMILES string of the molecule is CCC12CC(NC)CN1C(=O)c1cc(-c3nc(NC4CCN(S(C)(=O)=O)CC4)ncc3C(F)(F)F)sc12. The van der Waals surface area contributed by atoms with Gasteiger partial charge in [-0.1, -0.05) is 6.92 Å². The normalized spacial score (nSPS) is 25.0. The van der Waals surface area contributed by atoms with Crippen LogP contribution in [0, 0.1) is 0 Å². The van der Waals surface area contributed by atoms with Crippen molar-refractivity contribution >= 4 is 33.2 Å². The predicted octanol–water partition coefficient (Wildman–Crippen LogP) is 3.11. The predicted molar refractivity (Wildman–Crippen MR) is 134 cm³/mol. The lowest BCUT2D eigenvalue weighted by Crippen LogP contribution is -2.42. The van der Waals surface area contributed by atoms with Crippen molar-refractivity contribution in [3.63, 3.8) is 0 Å². The molecule has 0 radical (unpaired) electrons. The Morgan fingerprint density at radius 3 is 2.54 bits per heavy atom. The first-order valence-corrected chi connectivity index (χ1v) is 14.8. The third-order valence-electron chi connectivity index (χ3n) is 7.71. The van der Waals surface area contributed by atoms with E-state index in [-0.39, 0.29) is 34.5 Å². The van der Waals surface area contributed by atoms with Gasteiger partial charge in [-0.25, -0.2) is 22.7 Å². The van der Waals surface area contributed by atoms with E-state index in [9.17, 15) is 26.4 Å². The number of alkyl halides is 3. The fourth-order valence-corrected chi connectivity index (χ4v) is 7.98. The quantitative estimate of drug-likeness (QED) is 0.561. The van der Waals surface area contributed by atoms with Crippen LogP contribution in [0.25, 0.3) is 10.6 Å². The molecule has 0 aromatic carbocycles. The van der Waals surface area contributed by atoms with E-state index in [1.165, 1.54) is 15.6 Å². The first-order valence-electron chi connectivity index (χ1n) is 12.2. The molecule has 0 bridgehead atoms. The van der Waals surface area contributed by atoms with Crippen LogP contribution >= 0.6 is 11.3 Å². The van der Waals surface area contributed by atoms with Crippen LogP contribution in [0.4, 0.5) is 19.1 Å². The highest BCUT2D eigenvalue weighted by molar-refractivity contribution is 7.88. The summed E-state index contributed by atoms with van der Waals surface area (Å²) in [4.78, 5) is 24.4. The fraction of sp³-hybridized carbons (Fsp3) is 0.609. The summed E-state index contributed by atoms with van der Waals surface area (Å²) in [6, 6.07) is 1.49. The van der Waals surface area contributed by atoms with Crippen molar-refractivity contribution < 1.29 is 26.4 Å². The van der Waals surface area contributed by atoms with Crippen LogP contribution in [-0.2, 0) is 21.7 Å². The maximum Gasteiger partial charge on any atom is 0.420 e. The van der Waals surface area contributed by atoms with Crippen LogP contribution in [0.5, 0.6) is 0 Å². The third-order valence-corrected chi connectivity index (χ3v) is 10.3. The van der Waals surface area contributed by atoms with Gasteiger partial charge in [0.2, 0.25) is 16.0 Å². The number of amides is 1. The molecule has 14 heteroatoms. The molecule has 2 saturated heterocycles. The van der Waals surface area contributed by atoms with Gasteiger partial charge in [-0.15, -0.1) is 11.3 Å². The highest BCUT2D eigenvalue weighted by Gasteiger charge is 2.55. The number of nitrogens with zero attached hydrogens (tertiary/aromatic N) is 4. The second-order valence-electron chi connectivity index (χ2n) is 9.88. The van der Waals surface area contributed by atoms with Gasteiger partial charge in [0.25, 0.3) is 5.91 Å². The summed E-state index contributed by atoms with van der Waals surface area (Å²) >= 11 is 1.20. The zero-order chi connectivity index (χ0) is 26.8. The summed E-state index contributed by atoms with van der Waals surface area (Å²) in [5.74, 6) is -0.112. The van der Waals surface area contributed by atoms with Gasteiger partial charge in [0.05, 0.1) is 27.9 Å². The average molecular weight is 559 g/mol. The second-order valence-corrected chi connectivity index (χ2v) is 12.9. The number of sulfonamides is 1. The monoisotopic (exact) mass is 558 g/mol. The molecule has 2 atom stereocenters. The molecule has 2 aromatic heterocycles. The van der Waals surface area contributed by atoms with Crippen LogP contribution in [-0.4, -0.2) is 78.5 Å². The summed E-state index contributed by atoms with van der Waals surface area (Å²) < 4.78 is 66.8. The highest BCUT2D eigenvalue weighted by Crippen LogP contribution is 2.54. The van der Waals surface area contributed by atoms with Crippen molar-refractivity contribution in [3.8, 4) is 10.6 Å². The molecule has 0 aliphatic carbocycles. The molecule has 5 rings (SSSR count). The topological polar surface area (TPSA) is 108 Å². The number of carbonyl (C=O) groups excluding carboxylic acids is 1. The lowest BCUT2D eigenvalue weighted by Gasteiger charge is -2.31. The summed E-state index contributed by atoms with van der Waals surface area (Å²) in [6.45, 7) is 3.18. The van der Waals surface area contributed by atoms with Crippen molar-refractivity contribution in [1.82, 2.24) is 24.5 Å². The maximum atomic E-state index is 14.0. The molecule has 37 heavy (non-hydrogen) atoms. The number of hydrogen-bond donors (Lipinski definition) is 2. The van der Waals surface area contributed by atoms with Gasteiger partial charge >= 0.3 is 6.18 Å². The molecule has 1 amide bonds. The van der Waals surface area contributed by atoms with Crippen molar-refractivity contribution in [2.24, 2.45) is 0 Å². The molecule has 202 valence electrons. The first-order chi connectivity index (χ1) is 17.4. The number of likely N-dealkylation sites (N-methyl/N-ethyl adjacent to an activating group) is 1. The molecule has 0 spiro atoms. The number of aromatic nitrogens is 2. The van der Waals surface area contributed by atoms with Crippen molar-refractivity contribution in [1.29, 1.82) is 0 Å². The Bertz CT molecular complexity index is 1320. The summed E-state index contributed by atoms with van der Waals surface area (Å²) in [6.07, 6.45) is -0.413. The van der Waals surface area contributed by atoms with Crippen molar-refractivity contribution in [2.45, 2.75) is 56.4 Å². The molecule has 2 N–H and O–H groups in total. The molecular formula is C23H29F3N6O3S2. The smallest absolute Gasteiger partial charge is 0.351 e. The van der Waals surface area contributed by atoms with Crippen molar-refractivity contribution in [2.75, 3.05) is 38.3 Å². The van der Waals surface area contributed by atoms with Gasteiger partial charge in [-0.3, -0.25) is 4.79 Å². The molecule has 5 heterocycles. The molecule has 2 aromatic rings. The Morgan fingerprint density at radius 1 is 1.24 bits per heavy atom. The molecule has 3 aliphatic rings. The number of halogens is 3. The van der Waals surface area contributed by atoms with E-state index < -0.39 is 27.3 Å². The van der Waals surface area contributed by atoms with Gasteiger partial charge < -0.3 is 15.5 Å². The minimum Gasteiger partial charge on any atom is -0.351 e. The van der Waals surface area contributed by atoms with Gasteiger partial charge in [0.1, 0.15) is 5.56 Å². The van der Waals surface area contributed by atoms with E-state index in [0.717, 1.165) is 17.3 Å². The summed E-state index contributed by atoms with van der Waals surface area (Å²) in [7, 11) is -1.45. The Labute approximate surface area is 217 Å². The first kappa shape index (κ1) is 26.3. The number of hydrogen-bond acceptors (Lipinski definition) is 8. The van der Waals surface area contributed by atoms with Crippen LogP contribution < -0.4 is 10.6 Å². The van der Waals surface area contributed by atoms with Crippen LogP contribution in [0.3, 0.4) is 0 Å². The minimum atomic E-state index is -4.67. The van der Waals surface area contributed by atoms with E-state index >= 15 is 0 Å². The van der Waals surface area contributed by atoms with Gasteiger partial charge in [0.15, 0.2) is 0 Å². The Morgan fingerprint density at radius 2 is 1.95 bits per heavy atom. The molecule has 2 unspecified atom stereocenters. The van der Waals surface area contributed by atoms with Crippen molar-refractivity contribution in [3.05, 3.63) is 28.3 Å². The van der Waals surface area contributed by atoms with Gasteiger partial charge in [0, 0.05) is 42.8 Å². The number of rotatable bonds is 6. The largest absolute Gasteiger partial charge is 0.420 e. The van der Waals surface area contributed by atoms with Crippen LogP contribution in [0.15, 0.2) is 12.3 Å². The average Bonchev–Trinajstić information content (AvgIpc) is 3.50. The number of fused-ring (bicyclic) bond motifs is 3.